The number of aromatic carboxylic acids is 1. The van der Waals surface area contributed by atoms with Crippen LogP contribution in [0, 0.1) is 11.8 Å². The summed E-state index contributed by atoms with van der Waals surface area (Å²) < 4.78 is 5.30. The highest BCUT2D eigenvalue weighted by molar-refractivity contribution is 5.96. The van der Waals surface area contributed by atoms with Crippen molar-refractivity contribution in [1.82, 2.24) is 4.98 Å². The highest BCUT2D eigenvalue weighted by Crippen LogP contribution is 2.32. The van der Waals surface area contributed by atoms with Gasteiger partial charge in [0.05, 0.1) is 12.7 Å². The summed E-state index contributed by atoms with van der Waals surface area (Å²) in [6.45, 7) is 3.12. The number of nitrogens with zero attached hydrogens (tertiary/aromatic N) is 1. The van der Waals surface area contributed by atoms with Gasteiger partial charge in [-0.1, -0.05) is 24.1 Å². The second kappa shape index (κ2) is 6.51. The van der Waals surface area contributed by atoms with Crippen LogP contribution in [0.15, 0.2) is 36.5 Å². The first-order valence-corrected chi connectivity index (χ1v) is 6.94. The van der Waals surface area contributed by atoms with Gasteiger partial charge in [-0.2, -0.15) is 0 Å². The van der Waals surface area contributed by atoms with E-state index in [0.717, 1.165) is 0 Å². The molecule has 0 amide bonds. The average molecular weight is 311 g/mol. The summed E-state index contributed by atoms with van der Waals surface area (Å²) in [6.07, 6.45) is 1.26. The molecule has 2 rings (SSSR count). The van der Waals surface area contributed by atoms with E-state index in [1.54, 1.807) is 44.2 Å². The molecular weight excluding hydrogens is 294 g/mol. The lowest BCUT2D eigenvalue weighted by atomic mass is 9.99. The molecule has 2 aromatic rings. The summed E-state index contributed by atoms with van der Waals surface area (Å²) >= 11 is 0. The van der Waals surface area contributed by atoms with Crippen molar-refractivity contribution in [2.75, 3.05) is 7.11 Å². The lowest BCUT2D eigenvalue weighted by Crippen LogP contribution is -2.14. The van der Waals surface area contributed by atoms with Gasteiger partial charge in [-0.25, -0.2) is 9.78 Å². The van der Waals surface area contributed by atoms with Gasteiger partial charge in [0.2, 0.25) is 0 Å². The van der Waals surface area contributed by atoms with Gasteiger partial charge in [0, 0.05) is 17.3 Å². The van der Waals surface area contributed by atoms with Crippen molar-refractivity contribution in [3.05, 3.63) is 47.8 Å². The predicted molar refractivity (Wildman–Crippen MR) is 86.4 cm³/mol. The minimum atomic E-state index is -1.16. The Morgan fingerprint density at radius 1 is 1.26 bits per heavy atom. The van der Waals surface area contributed by atoms with Gasteiger partial charge < -0.3 is 14.9 Å². The van der Waals surface area contributed by atoms with Crippen LogP contribution in [0.4, 0.5) is 0 Å². The molecule has 0 saturated carbocycles. The lowest BCUT2D eigenvalue weighted by molar-refractivity contribution is 0.0697. The monoisotopic (exact) mass is 311 g/mol. The van der Waals surface area contributed by atoms with E-state index in [-0.39, 0.29) is 5.56 Å². The molecule has 0 aliphatic rings. The molecule has 1 heterocycles. The van der Waals surface area contributed by atoms with E-state index in [9.17, 15) is 15.0 Å². The molecule has 5 heteroatoms. The molecule has 0 bridgehead atoms. The van der Waals surface area contributed by atoms with Crippen LogP contribution in [-0.4, -0.2) is 33.9 Å². The third-order valence-corrected chi connectivity index (χ3v) is 3.03. The molecule has 0 unspecified atom stereocenters. The highest BCUT2D eigenvalue weighted by Gasteiger charge is 2.16. The van der Waals surface area contributed by atoms with Crippen LogP contribution in [0.3, 0.4) is 0 Å². The molecule has 0 aliphatic carbocycles. The van der Waals surface area contributed by atoms with E-state index in [1.165, 1.54) is 13.3 Å². The summed E-state index contributed by atoms with van der Waals surface area (Å²) in [5.74, 6) is 4.89. The predicted octanol–water partition coefficient (Wildman–Crippen LogP) is 2.58. The van der Waals surface area contributed by atoms with Crippen molar-refractivity contribution in [1.29, 1.82) is 0 Å². The largest absolute Gasteiger partial charge is 0.496 e. The van der Waals surface area contributed by atoms with E-state index in [0.29, 0.717) is 22.6 Å². The fraction of sp³-hybridized carbons (Fsp3) is 0.222. The smallest absolute Gasteiger partial charge is 0.337 e. The fourth-order valence-corrected chi connectivity index (χ4v) is 2.00. The second-order valence-electron chi connectivity index (χ2n) is 5.43. The van der Waals surface area contributed by atoms with Gasteiger partial charge >= 0.3 is 5.97 Å². The number of aromatic nitrogens is 1. The maximum Gasteiger partial charge on any atom is 0.337 e. The molecular formula is C18H17NO4. The van der Waals surface area contributed by atoms with Crippen LogP contribution in [0.25, 0.3) is 11.1 Å². The number of carbonyl (C=O) groups is 1. The standard InChI is InChI=1S/C18H17NO4/c1-18(2,22)9-8-12-10-14(15(11-19-12)17(20)21)13-6-4-5-7-16(13)23-3/h4-7,10-11,22H,1-3H3,(H,20,21). The molecule has 0 spiro atoms. The minimum absolute atomic E-state index is 0.0586. The van der Waals surface area contributed by atoms with Gasteiger partial charge in [-0.05, 0) is 31.9 Å². The van der Waals surface area contributed by atoms with E-state index < -0.39 is 11.6 Å². The van der Waals surface area contributed by atoms with Crippen molar-refractivity contribution >= 4 is 5.97 Å². The van der Waals surface area contributed by atoms with Crippen LogP contribution >= 0.6 is 0 Å². The van der Waals surface area contributed by atoms with Crippen molar-refractivity contribution in [2.45, 2.75) is 19.4 Å². The normalized spacial score (nSPS) is 10.6. The maximum absolute atomic E-state index is 11.5. The van der Waals surface area contributed by atoms with Crippen LogP contribution in [0.1, 0.15) is 29.9 Å². The van der Waals surface area contributed by atoms with Crippen molar-refractivity contribution in [3.8, 4) is 28.7 Å². The number of carboxylic acids is 1. The van der Waals surface area contributed by atoms with Crippen molar-refractivity contribution in [3.63, 3.8) is 0 Å². The Hall–Kier alpha value is -2.84. The fourth-order valence-electron chi connectivity index (χ4n) is 2.00. The summed E-state index contributed by atoms with van der Waals surface area (Å²) in [4.78, 5) is 15.5. The van der Waals surface area contributed by atoms with Gasteiger partial charge in [-0.3, -0.25) is 0 Å². The highest BCUT2D eigenvalue weighted by atomic mass is 16.5. The molecule has 118 valence electrons. The maximum atomic E-state index is 11.5. The number of para-hydroxylation sites is 1. The van der Waals surface area contributed by atoms with Gasteiger partial charge in [0.15, 0.2) is 0 Å². The van der Waals surface area contributed by atoms with Gasteiger partial charge in [-0.15, -0.1) is 0 Å². The Bertz CT molecular complexity index is 795. The number of carboxylic acid groups (broad SMARTS) is 1. The summed E-state index contributed by atoms with van der Waals surface area (Å²) in [7, 11) is 1.52. The van der Waals surface area contributed by atoms with E-state index in [1.807, 2.05) is 0 Å². The van der Waals surface area contributed by atoms with Crippen LogP contribution < -0.4 is 4.74 Å². The quantitative estimate of drug-likeness (QED) is 0.852. The van der Waals surface area contributed by atoms with E-state index in [4.69, 9.17) is 4.74 Å². The number of hydrogen-bond donors (Lipinski definition) is 2. The Kier molecular flexibility index (Phi) is 4.68. The zero-order chi connectivity index (χ0) is 17.0. The SMILES string of the molecule is COc1ccccc1-c1cc(C#CC(C)(C)O)ncc1C(=O)O. The summed E-state index contributed by atoms with van der Waals surface area (Å²) in [5.41, 5.74) is 0.380. The topological polar surface area (TPSA) is 79.7 Å². The first-order chi connectivity index (χ1) is 10.8. The first kappa shape index (κ1) is 16.5. The third-order valence-electron chi connectivity index (χ3n) is 3.03. The van der Waals surface area contributed by atoms with Crippen LogP contribution in [0.2, 0.25) is 0 Å². The van der Waals surface area contributed by atoms with Crippen LogP contribution in [0.5, 0.6) is 5.75 Å². The molecule has 0 fully saturated rings. The zero-order valence-corrected chi connectivity index (χ0v) is 13.1. The number of rotatable bonds is 3. The first-order valence-electron chi connectivity index (χ1n) is 6.94. The van der Waals surface area contributed by atoms with Crippen molar-refractivity contribution < 1.29 is 19.7 Å². The number of methoxy groups -OCH3 is 1. The second-order valence-corrected chi connectivity index (χ2v) is 5.43. The molecule has 0 saturated heterocycles. The Morgan fingerprint density at radius 2 is 1.96 bits per heavy atom. The van der Waals surface area contributed by atoms with Gasteiger partial charge in [0.1, 0.15) is 17.0 Å². The Balaban J connectivity index is 2.63. The molecule has 5 nitrogen and oxygen atoms in total. The third kappa shape index (κ3) is 4.09. The number of aliphatic hydroxyl groups is 1. The van der Waals surface area contributed by atoms with E-state index >= 15 is 0 Å². The lowest BCUT2D eigenvalue weighted by Gasteiger charge is -2.11. The Labute approximate surface area is 134 Å². The number of benzene rings is 1. The number of hydrogen-bond acceptors (Lipinski definition) is 4. The number of pyridine rings is 1. The molecule has 2 N–H and O–H groups in total. The Morgan fingerprint density at radius 3 is 2.57 bits per heavy atom. The molecule has 1 aromatic heterocycles. The zero-order valence-electron chi connectivity index (χ0n) is 13.1. The van der Waals surface area contributed by atoms with Gasteiger partial charge in [0.25, 0.3) is 0 Å². The van der Waals surface area contributed by atoms with Crippen molar-refractivity contribution in [2.24, 2.45) is 0 Å². The number of ether oxygens (including phenoxy) is 1. The molecule has 23 heavy (non-hydrogen) atoms. The minimum Gasteiger partial charge on any atom is -0.496 e. The molecule has 0 aliphatic heterocycles. The summed E-state index contributed by atoms with van der Waals surface area (Å²) in [5, 5.41) is 19.1. The molecule has 0 radical (unpaired) electrons. The van der Waals surface area contributed by atoms with E-state index in [2.05, 4.69) is 16.8 Å². The molecule has 1 aromatic carbocycles. The van der Waals surface area contributed by atoms with Crippen LogP contribution in [-0.2, 0) is 0 Å². The molecule has 0 atom stereocenters. The average Bonchev–Trinajstić information content (AvgIpc) is 2.51. The summed E-state index contributed by atoms with van der Waals surface area (Å²) in [6, 6.07) is 8.71.